The van der Waals surface area contributed by atoms with Gasteiger partial charge in [-0.05, 0) is 44.7 Å². The number of nitrogens with one attached hydrogen (secondary N) is 1. The highest BCUT2D eigenvalue weighted by atomic mass is 32.1. The Kier molecular flexibility index (Phi) is 12.9. The van der Waals surface area contributed by atoms with E-state index in [1.165, 1.54) is 11.3 Å². The molecule has 1 aromatic heterocycles. The predicted octanol–water partition coefficient (Wildman–Crippen LogP) is 4.36. The van der Waals surface area contributed by atoms with Gasteiger partial charge in [0.15, 0.2) is 5.69 Å². The van der Waals surface area contributed by atoms with Crippen LogP contribution in [0, 0.1) is 11.8 Å². The van der Waals surface area contributed by atoms with E-state index in [4.69, 9.17) is 4.74 Å². The van der Waals surface area contributed by atoms with Crippen LogP contribution < -0.4 is 5.32 Å². The normalized spacial score (nSPS) is 19.4. The van der Waals surface area contributed by atoms with E-state index < -0.39 is 12.0 Å². The van der Waals surface area contributed by atoms with Gasteiger partial charge >= 0.3 is 5.97 Å². The number of likely N-dealkylation sites (N-methyl/N-ethyl adjacent to an activating group) is 1. The van der Waals surface area contributed by atoms with Gasteiger partial charge in [0.2, 0.25) is 11.8 Å². The van der Waals surface area contributed by atoms with Crippen molar-refractivity contribution in [3.8, 4) is 0 Å². The van der Waals surface area contributed by atoms with E-state index in [1.807, 2.05) is 27.8 Å². The number of carboxylic acid groups (broad SMARTS) is 1. The van der Waals surface area contributed by atoms with Gasteiger partial charge in [-0.15, -0.1) is 17.9 Å². The highest BCUT2D eigenvalue weighted by Gasteiger charge is 2.37. The quantitative estimate of drug-likeness (QED) is 0.190. The molecule has 9 nitrogen and oxygen atoms in total. The molecule has 0 unspecified atom stereocenters. The largest absolute Gasteiger partial charge is 0.476 e. The van der Waals surface area contributed by atoms with Gasteiger partial charge in [0.25, 0.3) is 0 Å². The molecule has 1 aliphatic rings. The maximum Gasteiger partial charge on any atom is 0.355 e. The molecule has 1 fully saturated rings. The molecule has 0 radical (unpaired) electrons. The Morgan fingerprint density at radius 3 is 2.58 bits per heavy atom. The number of amides is 2. The molecule has 0 bridgehead atoms. The number of aromatic carboxylic acids is 1. The van der Waals surface area contributed by atoms with Crippen molar-refractivity contribution in [2.45, 2.75) is 90.8 Å². The summed E-state index contributed by atoms with van der Waals surface area (Å²) in [5.41, 5.74) is 0.0347. The number of nitrogens with zero attached hydrogens (tertiary/aromatic N) is 3. The summed E-state index contributed by atoms with van der Waals surface area (Å²) in [6.45, 7) is 15.1. The second-order valence-corrected chi connectivity index (χ2v) is 11.7. The zero-order valence-corrected chi connectivity index (χ0v) is 24.6. The first-order valence-corrected chi connectivity index (χ1v) is 14.6. The van der Waals surface area contributed by atoms with Gasteiger partial charge in [0, 0.05) is 17.3 Å². The molecule has 38 heavy (non-hydrogen) atoms. The summed E-state index contributed by atoms with van der Waals surface area (Å²) in [4.78, 5) is 47.0. The summed E-state index contributed by atoms with van der Waals surface area (Å²) in [6.07, 6.45) is 5.82. The van der Waals surface area contributed by atoms with E-state index in [0.717, 1.165) is 37.2 Å². The fourth-order valence-corrected chi connectivity index (χ4v) is 5.77. The molecule has 5 atom stereocenters. The van der Waals surface area contributed by atoms with Gasteiger partial charge in [-0.3, -0.25) is 14.5 Å². The van der Waals surface area contributed by atoms with Crippen LogP contribution in [0.25, 0.3) is 0 Å². The van der Waals surface area contributed by atoms with Gasteiger partial charge in [-0.25, -0.2) is 9.78 Å². The van der Waals surface area contributed by atoms with Crippen molar-refractivity contribution >= 4 is 29.1 Å². The number of carboxylic acids is 1. The van der Waals surface area contributed by atoms with Gasteiger partial charge in [-0.1, -0.05) is 53.5 Å². The second-order valence-electron chi connectivity index (χ2n) is 10.8. The Bertz CT molecular complexity index is 936. The summed E-state index contributed by atoms with van der Waals surface area (Å²) in [6, 6.07) is -1.12. The Morgan fingerprint density at radius 1 is 1.32 bits per heavy atom. The number of hydrogen-bond donors (Lipinski definition) is 2. The van der Waals surface area contributed by atoms with Gasteiger partial charge in [-0.2, -0.15) is 0 Å². The fourth-order valence-electron chi connectivity index (χ4n) is 4.91. The Labute approximate surface area is 231 Å². The van der Waals surface area contributed by atoms with Gasteiger partial charge < -0.3 is 20.1 Å². The highest BCUT2D eigenvalue weighted by Crippen LogP contribution is 2.30. The summed E-state index contributed by atoms with van der Waals surface area (Å²) < 4.78 is 5.80. The molecule has 2 N–H and O–H groups in total. The summed E-state index contributed by atoms with van der Waals surface area (Å²) in [7, 11) is 1.96. The molecule has 0 saturated carbocycles. The number of rotatable bonds is 15. The average molecular weight is 551 g/mol. The molecule has 2 heterocycles. The first-order valence-electron chi connectivity index (χ1n) is 13.7. The van der Waals surface area contributed by atoms with Crippen LogP contribution in [-0.4, -0.2) is 82.7 Å². The lowest BCUT2D eigenvalue weighted by atomic mass is 9.90. The van der Waals surface area contributed by atoms with Crippen molar-refractivity contribution < 1.29 is 24.2 Å². The van der Waals surface area contributed by atoms with Crippen LogP contribution in [0.1, 0.15) is 88.1 Å². The molecule has 0 aromatic carbocycles. The van der Waals surface area contributed by atoms with Crippen molar-refractivity contribution in [2.75, 3.05) is 26.9 Å². The van der Waals surface area contributed by atoms with E-state index >= 15 is 0 Å². The molecule has 2 rings (SSSR count). The Morgan fingerprint density at radius 2 is 2.03 bits per heavy atom. The molecular formula is C28H46N4O5S. The number of likely N-dealkylation sites (tertiary alicyclic amines) is 1. The minimum atomic E-state index is -1.05. The van der Waals surface area contributed by atoms with E-state index in [2.05, 4.69) is 35.6 Å². The maximum atomic E-state index is 14.2. The van der Waals surface area contributed by atoms with E-state index in [9.17, 15) is 19.5 Å². The van der Waals surface area contributed by atoms with Crippen LogP contribution in [0.4, 0.5) is 0 Å². The van der Waals surface area contributed by atoms with Crippen LogP contribution in [-0.2, 0) is 14.3 Å². The lowest BCUT2D eigenvalue weighted by Gasteiger charge is -2.39. The summed E-state index contributed by atoms with van der Waals surface area (Å²) in [5, 5.41) is 14.7. The summed E-state index contributed by atoms with van der Waals surface area (Å²) >= 11 is 1.32. The topological polar surface area (TPSA) is 112 Å². The predicted molar refractivity (Wildman–Crippen MR) is 150 cm³/mol. The van der Waals surface area contributed by atoms with Crippen LogP contribution in [0.3, 0.4) is 0 Å². The van der Waals surface area contributed by atoms with Crippen LogP contribution in [0.5, 0.6) is 0 Å². The lowest BCUT2D eigenvalue weighted by Crippen LogP contribution is -2.59. The number of piperidine rings is 1. The molecule has 214 valence electrons. The third-order valence-electron chi connectivity index (χ3n) is 7.53. The zero-order chi connectivity index (χ0) is 28.4. The van der Waals surface area contributed by atoms with Crippen molar-refractivity contribution in [3.63, 3.8) is 0 Å². The molecule has 1 aliphatic heterocycles. The monoisotopic (exact) mass is 550 g/mol. The van der Waals surface area contributed by atoms with Crippen LogP contribution >= 0.6 is 11.3 Å². The fraction of sp³-hybridized carbons (Fsp3) is 0.714. The first kappa shape index (κ1) is 31.9. The van der Waals surface area contributed by atoms with Crippen molar-refractivity contribution in [2.24, 2.45) is 11.8 Å². The zero-order valence-electron chi connectivity index (χ0n) is 23.8. The smallest absolute Gasteiger partial charge is 0.355 e. The van der Waals surface area contributed by atoms with Crippen LogP contribution in [0.15, 0.2) is 18.0 Å². The van der Waals surface area contributed by atoms with Crippen LogP contribution in [0.2, 0.25) is 0 Å². The Balaban J connectivity index is 2.33. The molecular weight excluding hydrogens is 504 g/mol. The Hall–Kier alpha value is -2.30. The van der Waals surface area contributed by atoms with Crippen molar-refractivity contribution in [1.82, 2.24) is 20.1 Å². The number of carbonyl (C=O) groups is 3. The van der Waals surface area contributed by atoms with E-state index in [1.54, 1.807) is 16.4 Å². The highest BCUT2D eigenvalue weighted by molar-refractivity contribution is 7.09. The minimum absolute atomic E-state index is 0.0347. The molecule has 2 amide bonds. The van der Waals surface area contributed by atoms with E-state index in [0.29, 0.717) is 13.0 Å². The van der Waals surface area contributed by atoms with Crippen molar-refractivity contribution in [1.29, 1.82) is 0 Å². The number of hydrogen-bond acceptors (Lipinski definition) is 7. The minimum Gasteiger partial charge on any atom is -0.476 e. The van der Waals surface area contributed by atoms with E-state index in [-0.39, 0.29) is 54.1 Å². The number of thiazole rings is 1. The third kappa shape index (κ3) is 8.61. The number of aromatic nitrogens is 1. The molecule has 1 aromatic rings. The molecule has 1 saturated heterocycles. The number of carbonyl (C=O) groups excluding carboxylic acids is 2. The second kappa shape index (κ2) is 15.3. The van der Waals surface area contributed by atoms with Gasteiger partial charge in [0.05, 0.1) is 17.7 Å². The maximum absolute atomic E-state index is 14.2. The van der Waals surface area contributed by atoms with Crippen molar-refractivity contribution in [3.05, 3.63) is 28.7 Å². The lowest BCUT2D eigenvalue weighted by molar-refractivity contribution is -0.148. The third-order valence-corrected chi connectivity index (χ3v) is 8.60. The summed E-state index contributed by atoms with van der Waals surface area (Å²) in [5.74, 6) is -1.36. The van der Waals surface area contributed by atoms with Gasteiger partial charge in [0.1, 0.15) is 12.8 Å². The average Bonchev–Trinajstić information content (AvgIpc) is 3.39. The number of ether oxygens (including phenoxy) is 1. The SMILES string of the molecule is C=CCOCN(C(=O)[C@@H](NC(=O)[C@H]1CCCCN1C)[C@@H](C)CC)[C@H](C[C@@H](C)c1nc(C(=O)O)cs1)C(C)C. The standard InChI is InChI=1S/C28H46N4O5S/c1-8-14-37-17-32(23(18(3)4)15-20(6)26-29-21(16-38-26)28(35)36)27(34)24(19(5)9-2)30-25(33)22-12-10-11-13-31(22)7/h8,16,18-20,22-24H,1,9-15,17H2,2-7H3,(H,30,33)(H,35,36)/t19-,20+,22+,23+,24-/m0/s1. The molecule has 0 spiro atoms. The molecule has 0 aliphatic carbocycles. The first-order chi connectivity index (χ1) is 18.0. The molecule has 10 heteroatoms.